The lowest BCUT2D eigenvalue weighted by Crippen LogP contribution is -2.11. The molecule has 0 spiro atoms. The summed E-state index contributed by atoms with van der Waals surface area (Å²) in [7, 11) is -3.72. The zero-order chi connectivity index (χ0) is 15.8. The van der Waals surface area contributed by atoms with Crippen LogP contribution in [0.25, 0.3) is 0 Å². The van der Waals surface area contributed by atoms with Gasteiger partial charge in [0, 0.05) is 0 Å². The minimum Gasteiger partial charge on any atom is -0.262 e. The first-order valence-corrected chi connectivity index (χ1v) is 8.45. The predicted octanol–water partition coefficient (Wildman–Crippen LogP) is 3.70. The van der Waals surface area contributed by atoms with Gasteiger partial charge >= 0.3 is 6.18 Å². The monoisotopic (exact) mass is 322 g/mol. The average Bonchev–Trinajstić information content (AvgIpc) is 3.09. The molecule has 1 aromatic rings. The van der Waals surface area contributed by atoms with Crippen molar-refractivity contribution in [2.24, 2.45) is 5.92 Å². The van der Waals surface area contributed by atoms with Gasteiger partial charge in [0.05, 0.1) is 17.9 Å². The average molecular weight is 322 g/mol. The third-order valence-electron chi connectivity index (χ3n) is 3.35. The van der Waals surface area contributed by atoms with Gasteiger partial charge < -0.3 is 0 Å². The molecule has 1 saturated carbocycles. The standard InChI is InChI=1S/C14H17F3O3S/c1-9(20-21(2,18)19)12-6-11(5-10-3-4-10)7-13(8-12)14(15,16)17/h6-10H,3-5H2,1-2H3. The molecule has 21 heavy (non-hydrogen) atoms. The van der Waals surface area contributed by atoms with Gasteiger partial charge in [0.25, 0.3) is 10.1 Å². The van der Waals surface area contributed by atoms with E-state index in [0.717, 1.165) is 31.2 Å². The van der Waals surface area contributed by atoms with E-state index >= 15 is 0 Å². The normalized spacial score (nSPS) is 17.8. The summed E-state index contributed by atoms with van der Waals surface area (Å²) in [5.41, 5.74) is 0.0387. The summed E-state index contributed by atoms with van der Waals surface area (Å²) >= 11 is 0. The largest absolute Gasteiger partial charge is 0.416 e. The van der Waals surface area contributed by atoms with Gasteiger partial charge in [-0.05, 0) is 55.4 Å². The van der Waals surface area contributed by atoms with Crippen molar-refractivity contribution in [1.82, 2.24) is 0 Å². The second kappa shape index (κ2) is 5.61. The van der Waals surface area contributed by atoms with Crippen LogP contribution in [-0.2, 0) is 26.9 Å². The van der Waals surface area contributed by atoms with E-state index in [2.05, 4.69) is 0 Å². The Morgan fingerprint density at radius 1 is 1.29 bits per heavy atom. The molecule has 0 heterocycles. The van der Waals surface area contributed by atoms with Gasteiger partial charge in [0.15, 0.2) is 0 Å². The Morgan fingerprint density at radius 3 is 2.38 bits per heavy atom. The van der Waals surface area contributed by atoms with Crippen LogP contribution < -0.4 is 0 Å². The van der Waals surface area contributed by atoms with Crippen LogP contribution in [0, 0.1) is 5.92 Å². The van der Waals surface area contributed by atoms with Crippen LogP contribution >= 0.6 is 0 Å². The maximum Gasteiger partial charge on any atom is 0.416 e. The number of benzene rings is 1. The van der Waals surface area contributed by atoms with E-state index in [1.807, 2.05) is 0 Å². The highest BCUT2D eigenvalue weighted by Gasteiger charge is 2.32. The smallest absolute Gasteiger partial charge is 0.262 e. The van der Waals surface area contributed by atoms with E-state index in [0.29, 0.717) is 17.9 Å². The Bertz CT molecular complexity index is 619. The SMILES string of the molecule is CC(OS(C)(=O)=O)c1cc(CC2CC2)cc(C(F)(F)F)c1. The Hall–Kier alpha value is -1.08. The fourth-order valence-electron chi connectivity index (χ4n) is 2.21. The molecule has 0 amide bonds. The molecule has 1 fully saturated rings. The Kier molecular flexibility index (Phi) is 4.35. The zero-order valence-corrected chi connectivity index (χ0v) is 12.6. The van der Waals surface area contributed by atoms with Gasteiger partial charge in [0.1, 0.15) is 0 Å². The number of alkyl halides is 3. The molecule has 1 aromatic carbocycles. The third-order valence-corrected chi connectivity index (χ3v) is 3.99. The summed E-state index contributed by atoms with van der Waals surface area (Å²) in [5, 5.41) is 0. The highest BCUT2D eigenvalue weighted by molar-refractivity contribution is 7.86. The molecule has 1 unspecified atom stereocenters. The first-order chi connectivity index (χ1) is 9.54. The molecule has 0 radical (unpaired) electrons. The van der Waals surface area contributed by atoms with Crippen LogP contribution in [0.3, 0.4) is 0 Å². The summed E-state index contributed by atoms with van der Waals surface area (Å²) in [4.78, 5) is 0. The van der Waals surface area contributed by atoms with Crippen molar-refractivity contribution in [2.75, 3.05) is 6.26 Å². The van der Waals surface area contributed by atoms with Crippen molar-refractivity contribution in [2.45, 2.75) is 38.5 Å². The first kappa shape index (κ1) is 16.3. The maximum atomic E-state index is 12.9. The number of hydrogen-bond donors (Lipinski definition) is 0. The van der Waals surface area contributed by atoms with Crippen molar-refractivity contribution < 1.29 is 25.8 Å². The fourth-order valence-corrected chi connectivity index (χ4v) is 2.84. The van der Waals surface area contributed by atoms with Crippen LogP contribution in [-0.4, -0.2) is 14.7 Å². The fraction of sp³-hybridized carbons (Fsp3) is 0.571. The van der Waals surface area contributed by atoms with Crippen LogP contribution in [0.4, 0.5) is 13.2 Å². The number of rotatable bonds is 5. The van der Waals surface area contributed by atoms with Crippen molar-refractivity contribution in [1.29, 1.82) is 0 Å². The second-order valence-electron chi connectivity index (χ2n) is 5.55. The second-order valence-corrected chi connectivity index (χ2v) is 7.15. The summed E-state index contributed by atoms with van der Waals surface area (Å²) in [5.74, 6) is 0.437. The van der Waals surface area contributed by atoms with Gasteiger partial charge in [-0.3, -0.25) is 4.18 Å². The molecular formula is C14H17F3O3S. The van der Waals surface area contributed by atoms with Crippen molar-refractivity contribution in [3.05, 3.63) is 34.9 Å². The van der Waals surface area contributed by atoms with E-state index in [4.69, 9.17) is 4.18 Å². The van der Waals surface area contributed by atoms with Crippen molar-refractivity contribution in [3.8, 4) is 0 Å². The minimum absolute atomic E-state index is 0.228. The topological polar surface area (TPSA) is 43.4 Å². The Balaban J connectivity index is 2.34. The van der Waals surface area contributed by atoms with Crippen LogP contribution in [0.2, 0.25) is 0 Å². The lowest BCUT2D eigenvalue weighted by atomic mass is 9.99. The quantitative estimate of drug-likeness (QED) is 0.777. The predicted molar refractivity (Wildman–Crippen MR) is 72.2 cm³/mol. The van der Waals surface area contributed by atoms with E-state index < -0.39 is 28.0 Å². The summed E-state index contributed by atoms with van der Waals surface area (Å²) in [6.45, 7) is 1.43. The van der Waals surface area contributed by atoms with Crippen LogP contribution in [0.1, 0.15) is 42.6 Å². The Labute approximate surface area is 122 Å². The van der Waals surface area contributed by atoms with Crippen LogP contribution in [0.5, 0.6) is 0 Å². The molecule has 0 saturated heterocycles. The summed E-state index contributed by atoms with van der Waals surface area (Å²) < 4.78 is 65.9. The number of hydrogen-bond acceptors (Lipinski definition) is 3. The van der Waals surface area contributed by atoms with Gasteiger partial charge in [-0.1, -0.05) is 6.07 Å². The lowest BCUT2D eigenvalue weighted by molar-refractivity contribution is -0.137. The summed E-state index contributed by atoms with van der Waals surface area (Å²) in [6, 6.07) is 3.69. The molecule has 0 bridgehead atoms. The molecule has 1 aliphatic carbocycles. The van der Waals surface area contributed by atoms with Gasteiger partial charge in [0.2, 0.25) is 0 Å². The Morgan fingerprint density at radius 2 is 1.90 bits per heavy atom. The molecule has 0 aromatic heterocycles. The van der Waals surface area contributed by atoms with Crippen molar-refractivity contribution >= 4 is 10.1 Å². The summed E-state index contributed by atoms with van der Waals surface area (Å²) in [6.07, 6.45) is -1.88. The molecule has 1 atom stereocenters. The number of halogens is 3. The zero-order valence-electron chi connectivity index (χ0n) is 11.8. The molecule has 0 N–H and O–H groups in total. The van der Waals surface area contributed by atoms with E-state index in [1.165, 1.54) is 6.92 Å². The highest BCUT2D eigenvalue weighted by Crippen LogP contribution is 2.37. The third kappa shape index (κ3) is 5.00. The molecule has 118 valence electrons. The molecule has 1 aliphatic rings. The van der Waals surface area contributed by atoms with Gasteiger partial charge in [-0.25, -0.2) is 0 Å². The van der Waals surface area contributed by atoms with Crippen molar-refractivity contribution in [3.63, 3.8) is 0 Å². The molecule has 7 heteroatoms. The van der Waals surface area contributed by atoms with E-state index in [-0.39, 0.29) is 5.56 Å². The van der Waals surface area contributed by atoms with Crippen LogP contribution in [0.15, 0.2) is 18.2 Å². The molecular weight excluding hydrogens is 305 g/mol. The van der Waals surface area contributed by atoms with Gasteiger partial charge in [-0.2, -0.15) is 21.6 Å². The maximum absolute atomic E-state index is 12.9. The molecule has 0 aliphatic heterocycles. The van der Waals surface area contributed by atoms with E-state index in [9.17, 15) is 21.6 Å². The van der Waals surface area contributed by atoms with E-state index in [1.54, 1.807) is 6.07 Å². The highest BCUT2D eigenvalue weighted by atomic mass is 32.2. The molecule has 3 nitrogen and oxygen atoms in total. The van der Waals surface area contributed by atoms with Gasteiger partial charge in [-0.15, -0.1) is 0 Å². The minimum atomic E-state index is -4.46. The molecule has 2 rings (SSSR count). The first-order valence-electron chi connectivity index (χ1n) is 6.64. The lowest BCUT2D eigenvalue weighted by Gasteiger charge is -2.16.